The number of rotatable bonds is 7. The third kappa shape index (κ3) is 4.48. The van der Waals surface area contributed by atoms with Crippen molar-refractivity contribution in [3.63, 3.8) is 0 Å². The maximum atomic E-state index is 11.8. The van der Waals surface area contributed by atoms with Gasteiger partial charge in [0, 0.05) is 12.1 Å². The van der Waals surface area contributed by atoms with Gasteiger partial charge in [-0.05, 0) is 37.1 Å². The number of phenolic OH excluding ortho intramolecular Hbond substituents is 1. The number of carbonyl (C=O) groups is 2. The molecular formula is C16H20N4O4. The van der Waals surface area contributed by atoms with E-state index in [2.05, 4.69) is 28.0 Å². The zero-order valence-corrected chi connectivity index (χ0v) is 13.3. The minimum Gasteiger partial charge on any atom is -0.504 e. The predicted molar refractivity (Wildman–Crippen MR) is 88.2 cm³/mol. The van der Waals surface area contributed by atoms with E-state index < -0.39 is 5.92 Å². The Labute approximate surface area is 139 Å². The SMILES string of the molecule is C=C1NNC(=O)C1CCC(=O)NN=Cc1ccc(O)c(OCC)c1. The number of hydrogen-bond acceptors (Lipinski definition) is 6. The van der Waals surface area contributed by atoms with Crippen molar-refractivity contribution in [1.82, 2.24) is 16.3 Å². The summed E-state index contributed by atoms with van der Waals surface area (Å²) in [5.41, 5.74) is 8.71. The molecule has 8 heteroatoms. The highest BCUT2D eigenvalue weighted by atomic mass is 16.5. The number of phenols is 1. The van der Waals surface area contributed by atoms with Crippen LogP contribution in [0.1, 0.15) is 25.3 Å². The number of hydrogen-bond donors (Lipinski definition) is 4. The summed E-state index contributed by atoms with van der Waals surface area (Å²) in [6.45, 7) is 5.95. The smallest absolute Gasteiger partial charge is 0.247 e. The third-order valence-corrected chi connectivity index (χ3v) is 3.43. The van der Waals surface area contributed by atoms with Crippen LogP contribution in [0.5, 0.6) is 11.5 Å². The maximum Gasteiger partial charge on any atom is 0.247 e. The van der Waals surface area contributed by atoms with Crippen LogP contribution in [0, 0.1) is 5.92 Å². The topological polar surface area (TPSA) is 112 Å². The number of nitrogens with one attached hydrogen (secondary N) is 3. The van der Waals surface area contributed by atoms with Crippen LogP contribution in [0.3, 0.4) is 0 Å². The Morgan fingerprint density at radius 3 is 2.96 bits per heavy atom. The molecule has 0 spiro atoms. The number of ether oxygens (including phenoxy) is 1. The summed E-state index contributed by atoms with van der Waals surface area (Å²) in [7, 11) is 0. The van der Waals surface area contributed by atoms with Crippen molar-refractivity contribution in [2.75, 3.05) is 6.61 Å². The van der Waals surface area contributed by atoms with Crippen molar-refractivity contribution >= 4 is 18.0 Å². The number of nitrogens with zero attached hydrogens (tertiary/aromatic N) is 1. The molecule has 0 radical (unpaired) electrons. The minimum absolute atomic E-state index is 0.0433. The molecule has 1 fully saturated rings. The molecule has 2 amide bonds. The van der Waals surface area contributed by atoms with Gasteiger partial charge in [0.25, 0.3) is 0 Å². The number of hydrazone groups is 1. The van der Waals surface area contributed by atoms with E-state index in [1.54, 1.807) is 12.1 Å². The van der Waals surface area contributed by atoms with Crippen molar-refractivity contribution in [1.29, 1.82) is 0 Å². The first-order chi connectivity index (χ1) is 11.5. The first kappa shape index (κ1) is 17.3. The van der Waals surface area contributed by atoms with Gasteiger partial charge in [0.2, 0.25) is 11.8 Å². The fraction of sp³-hybridized carbons (Fsp3) is 0.312. The molecule has 1 saturated heterocycles. The standard InChI is InChI=1S/C16H20N4O4/c1-3-24-14-8-11(4-6-13(14)21)9-17-19-15(22)7-5-12-10(2)18-20-16(12)23/h4,6,8-9,12,18,21H,2-3,5,7H2,1H3,(H,19,22)(H,20,23). The second-order valence-corrected chi connectivity index (χ2v) is 5.18. The monoisotopic (exact) mass is 332 g/mol. The largest absolute Gasteiger partial charge is 0.504 e. The first-order valence-corrected chi connectivity index (χ1v) is 7.53. The van der Waals surface area contributed by atoms with E-state index in [-0.39, 0.29) is 24.0 Å². The van der Waals surface area contributed by atoms with Gasteiger partial charge in [0.05, 0.1) is 18.7 Å². The normalized spacial score (nSPS) is 16.8. The molecule has 1 heterocycles. The Bertz CT molecular complexity index is 656. The van der Waals surface area contributed by atoms with Gasteiger partial charge in [-0.2, -0.15) is 5.10 Å². The Morgan fingerprint density at radius 2 is 2.29 bits per heavy atom. The number of hydrazine groups is 1. The molecule has 0 bridgehead atoms. The average Bonchev–Trinajstić information content (AvgIpc) is 2.87. The quantitative estimate of drug-likeness (QED) is 0.435. The second kappa shape index (κ2) is 8.00. The van der Waals surface area contributed by atoms with Gasteiger partial charge in [-0.25, -0.2) is 5.43 Å². The summed E-state index contributed by atoms with van der Waals surface area (Å²) in [5.74, 6) is -0.510. The lowest BCUT2D eigenvalue weighted by atomic mass is 10.0. The van der Waals surface area contributed by atoms with E-state index in [1.165, 1.54) is 12.3 Å². The Kier molecular flexibility index (Phi) is 5.78. The number of carbonyl (C=O) groups excluding carboxylic acids is 2. The molecule has 1 unspecified atom stereocenters. The molecular weight excluding hydrogens is 312 g/mol. The van der Waals surface area contributed by atoms with Crippen molar-refractivity contribution in [3.05, 3.63) is 36.0 Å². The van der Waals surface area contributed by atoms with E-state index in [0.717, 1.165) is 0 Å². The van der Waals surface area contributed by atoms with E-state index in [9.17, 15) is 14.7 Å². The van der Waals surface area contributed by atoms with Crippen molar-refractivity contribution in [2.24, 2.45) is 11.0 Å². The molecule has 1 atom stereocenters. The summed E-state index contributed by atoms with van der Waals surface area (Å²) in [6, 6.07) is 4.75. The number of amides is 2. The van der Waals surface area contributed by atoms with Crippen molar-refractivity contribution < 1.29 is 19.4 Å². The average molecular weight is 332 g/mol. The molecule has 0 saturated carbocycles. The van der Waals surface area contributed by atoms with Crippen LogP contribution < -0.4 is 21.0 Å². The molecule has 1 aromatic carbocycles. The lowest BCUT2D eigenvalue weighted by molar-refractivity contribution is -0.123. The Balaban J connectivity index is 1.83. The maximum absolute atomic E-state index is 11.8. The van der Waals surface area contributed by atoms with Gasteiger partial charge in [-0.1, -0.05) is 6.58 Å². The number of aromatic hydroxyl groups is 1. The minimum atomic E-state index is -0.412. The van der Waals surface area contributed by atoms with Crippen LogP contribution in [0.2, 0.25) is 0 Å². The second-order valence-electron chi connectivity index (χ2n) is 5.18. The Morgan fingerprint density at radius 1 is 1.50 bits per heavy atom. The molecule has 1 aliphatic heterocycles. The van der Waals surface area contributed by atoms with E-state index in [4.69, 9.17) is 4.74 Å². The lowest BCUT2D eigenvalue weighted by Gasteiger charge is -2.06. The summed E-state index contributed by atoms with van der Waals surface area (Å²) >= 11 is 0. The summed E-state index contributed by atoms with van der Waals surface area (Å²) in [4.78, 5) is 23.2. The highest BCUT2D eigenvalue weighted by Gasteiger charge is 2.27. The molecule has 24 heavy (non-hydrogen) atoms. The molecule has 1 aromatic rings. The Hall–Kier alpha value is -3.03. The van der Waals surface area contributed by atoms with E-state index >= 15 is 0 Å². The van der Waals surface area contributed by atoms with Gasteiger partial charge >= 0.3 is 0 Å². The van der Waals surface area contributed by atoms with Gasteiger partial charge in [0.15, 0.2) is 11.5 Å². The zero-order valence-electron chi connectivity index (χ0n) is 13.3. The van der Waals surface area contributed by atoms with Crippen LogP contribution in [0.25, 0.3) is 0 Å². The molecule has 0 aliphatic carbocycles. The molecule has 128 valence electrons. The summed E-state index contributed by atoms with van der Waals surface area (Å²) in [6.07, 6.45) is 1.95. The van der Waals surface area contributed by atoms with Gasteiger partial charge in [-0.15, -0.1) is 0 Å². The molecule has 4 N–H and O–H groups in total. The van der Waals surface area contributed by atoms with Crippen molar-refractivity contribution in [2.45, 2.75) is 19.8 Å². The van der Waals surface area contributed by atoms with Gasteiger partial charge < -0.3 is 15.3 Å². The molecule has 2 rings (SSSR count). The highest BCUT2D eigenvalue weighted by molar-refractivity contribution is 5.85. The van der Waals surface area contributed by atoms with Crippen LogP contribution in [-0.4, -0.2) is 29.7 Å². The van der Waals surface area contributed by atoms with E-state index in [1.807, 2.05) is 6.92 Å². The fourth-order valence-electron chi connectivity index (χ4n) is 2.17. The number of benzene rings is 1. The van der Waals surface area contributed by atoms with Gasteiger partial charge in [-0.3, -0.25) is 15.0 Å². The first-order valence-electron chi connectivity index (χ1n) is 7.53. The molecule has 8 nitrogen and oxygen atoms in total. The summed E-state index contributed by atoms with van der Waals surface area (Å²) < 4.78 is 5.27. The van der Waals surface area contributed by atoms with Crippen LogP contribution in [0.4, 0.5) is 0 Å². The van der Waals surface area contributed by atoms with Crippen molar-refractivity contribution in [3.8, 4) is 11.5 Å². The molecule has 0 aromatic heterocycles. The van der Waals surface area contributed by atoms with Crippen LogP contribution >= 0.6 is 0 Å². The fourth-order valence-corrected chi connectivity index (χ4v) is 2.17. The molecule has 1 aliphatic rings. The van der Waals surface area contributed by atoms with E-state index in [0.29, 0.717) is 30.0 Å². The highest BCUT2D eigenvalue weighted by Crippen LogP contribution is 2.26. The summed E-state index contributed by atoms with van der Waals surface area (Å²) in [5, 5.41) is 13.5. The van der Waals surface area contributed by atoms with Gasteiger partial charge in [0.1, 0.15) is 0 Å². The lowest BCUT2D eigenvalue weighted by Crippen LogP contribution is -2.26. The van der Waals surface area contributed by atoms with Crippen LogP contribution in [0.15, 0.2) is 35.6 Å². The third-order valence-electron chi connectivity index (χ3n) is 3.43. The zero-order chi connectivity index (χ0) is 17.5. The predicted octanol–water partition coefficient (Wildman–Crippen LogP) is 0.786. The van der Waals surface area contributed by atoms with Crippen LogP contribution in [-0.2, 0) is 9.59 Å².